The summed E-state index contributed by atoms with van der Waals surface area (Å²) in [5.74, 6) is -1.87. The van der Waals surface area contributed by atoms with E-state index in [1.54, 1.807) is 25.1 Å². The fourth-order valence-corrected chi connectivity index (χ4v) is 2.36. The largest absolute Gasteiger partial charge is 0.449 e. The van der Waals surface area contributed by atoms with Gasteiger partial charge >= 0.3 is 11.7 Å². The smallest absolute Gasteiger partial charge is 0.339 e. The first-order valence-corrected chi connectivity index (χ1v) is 7.83. The first-order valence-electron chi connectivity index (χ1n) is 7.83. The van der Waals surface area contributed by atoms with E-state index in [1.807, 2.05) is 0 Å². The van der Waals surface area contributed by atoms with Gasteiger partial charge in [-0.3, -0.25) is 4.79 Å². The lowest BCUT2D eigenvalue weighted by Gasteiger charge is -2.14. The molecule has 1 amide bonds. The van der Waals surface area contributed by atoms with Crippen molar-refractivity contribution in [1.29, 1.82) is 0 Å². The number of carbonyl (C=O) groups excluding carboxylic acids is 2. The number of aromatic nitrogens is 2. The molecule has 3 rings (SSSR count). The third-order valence-electron chi connectivity index (χ3n) is 3.84. The number of imidazole rings is 1. The quantitative estimate of drug-likeness (QED) is 0.624. The van der Waals surface area contributed by atoms with E-state index in [0.717, 1.165) is 6.07 Å². The van der Waals surface area contributed by atoms with E-state index in [4.69, 9.17) is 4.74 Å². The van der Waals surface area contributed by atoms with E-state index in [0.29, 0.717) is 22.3 Å². The van der Waals surface area contributed by atoms with Gasteiger partial charge in [-0.2, -0.15) is 0 Å². The van der Waals surface area contributed by atoms with Gasteiger partial charge in [-0.15, -0.1) is 0 Å². The van der Waals surface area contributed by atoms with Gasteiger partial charge in [0.05, 0.1) is 16.6 Å². The van der Waals surface area contributed by atoms with Gasteiger partial charge in [0.2, 0.25) is 0 Å². The normalized spacial score (nSPS) is 12.0. The predicted octanol–water partition coefficient (Wildman–Crippen LogP) is 2.49. The van der Waals surface area contributed by atoms with Crippen LogP contribution in [-0.4, -0.2) is 27.9 Å². The number of benzene rings is 2. The van der Waals surface area contributed by atoms with Crippen LogP contribution in [0.15, 0.2) is 41.2 Å². The highest BCUT2D eigenvalue weighted by Crippen LogP contribution is 2.16. The molecule has 0 saturated heterocycles. The minimum absolute atomic E-state index is 0.0269. The maximum absolute atomic E-state index is 13.5. The number of ether oxygens (including phenoxy) is 1. The molecule has 0 saturated carbocycles. The molecule has 1 atom stereocenters. The van der Waals surface area contributed by atoms with Crippen molar-refractivity contribution in [2.24, 2.45) is 0 Å². The second-order valence-electron chi connectivity index (χ2n) is 5.84. The molecule has 134 valence electrons. The van der Waals surface area contributed by atoms with Crippen molar-refractivity contribution in [3.63, 3.8) is 0 Å². The van der Waals surface area contributed by atoms with E-state index in [1.165, 1.54) is 19.1 Å². The van der Waals surface area contributed by atoms with Gasteiger partial charge in [-0.05, 0) is 49.7 Å². The number of aromatic amines is 2. The van der Waals surface area contributed by atoms with E-state index in [9.17, 15) is 18.8 Å². The summed E-state index contributed by atoms with van der Waals surface area (Å²) in [6.45, 7) is 2.99. The first-order chi connectivity index (χ1) is 12.3. The summed E-state index contributed by atoms with van der Waals surface area (Å²) in [4.78, 5) is 40.7. The van der Waals surface area contributed by atoms with Crippen molar-refractivity contribution < 1.29 is 18.7 Å². The molecule has 3 aromatic rings. The fourth-order valence-electron chi connectivity index (χ4n) is 2.36. The van der Waals surface area contributed by atoms with Crippen molar-refractivity contribution in [2.75, 3.05) is 5.32 Å². The Bertz CT molecular complexity index is 1050. The molecule has 3 N–H and O–H groups in total. The highest BCUT2D eigenvalue weighted by Gasteiger charge is 2.20. The summed E-state index contributed by atoms with van der Waals surface area (Å²) in [6.07, 6.45) is -1.09. The highest BCUT2D eigenvalue weighted by molar-refractivity contribution is 5.98. The van der Waals surface area contributed by atoms with Gasteiger partial charge in [-0.1, -0.05) is 6.07 Å². The third kappa shape index (κ3) is 3.64. The summed E-state index contributed by atoms with van der Waals surface area (Å²) in [7, 11) is 0. The Morgan fingerprint density at radius 2 is 1.85 bits per heavy atom. The van der Waals surface area contributed by atoms with E-state index in [-0.39, 0.29) is 11.3 Å². The Labute approximate surface area is 147 Å². The lowest BCUT2D eigenvalue weighted by Crippen LogP contribution is -2.30. The molecule has 1 aromatic heterocycles. The fraction of sp³-hybridized carbons (Fsp3) is 0.167. The van der Waals surface area contributed by atoms with E-state index in [2.05, 4.69) is 15.3 Å². The van der Waals surface area contributed by atoms with Gasteiger partial charge in [0, 0.05) is 5.69 Å². The van der Waals surface area contributed by atoms with Gasteiger partial charge < -0.3 is 20.0 Å². The molecule has 0 spiro atoms. The standard InChI is InChI=1S/C18H16FN3O4/c1-9-3-4-11(7-13(9)19)17(24)26-10(2)16(23)20-12-5-6-14-15(8-12)22-18(25)21-14/h3-8,10H,1-2H3,(H,20,23)(H2,21,22,25)/t10-/m0/s1. The number of hydrogen-bond acceptors (Lipinski definition) is 4. The number of H-pyrrole nitrogens is 2. The van der Waals surface area contributed by atoms with E-state index < -0.39 is 23.8 Å². The second kappa shape index (κ2) is 6.83. The topological polar surface area (TPSA) is 104 Å². The number of rotatable bonds is 4. The van der Waals surface area contributed by atoms with Crippen molar-refractivity contribution in [2.45, 2.75) is 20.0 Å². The summed E-state index contributed by atoms with van der Waals surface area (Å²) in [6, 6.07) is 8.78. The van der Waals surface area contributed by atoms with Crippen LogP contribution in [0.3, 0.4) is 0 Å². The average molecular weight is 357 g/mol. The predicted molar refractivity (Wildman–Crippen MR) is 93.6 cm³/mol. The molecule has 26 heavy (non-hydrogen) atoms. The lowest BCUT2D eigenvalue weighted by atomic mass is 10.1. The van der Waals surface area contributed by atoms with Crippen LogP contribution >= 0.6 is 0 Å². The molecule has 0 aliphatic rings. The van der Waals surface area contributed by atoms with Crippen LogP contribution in [0.4, 0.5) is 10.1 Å². The molecule has 0 fully saturated rings. The Balaban J connectivity index is 1.67. The zero-order valence-corrected chi connectivity index (χ0v) is 14.1. The summed E-state index contributed by atoms with van der Waals surface area (Å²) in [5.41, 5.74) is 1.66. The SMILES string of the molecule is Cc1ccc(C(=O)O[C@@H](C)C(=O)Nc2ccc3[nH]c(=O)[nH]c3c2)cc1F. The molecule has 2 aromatic carbocycles. The Morgan fingerprint density at radius 1 is 1.12 bits per heavy atom. The van der Waals surface area contributed by atoms with Crippen LogP contribution in [0.5, 0.6) is 0 Å². The number of carbonyl (C=O) groups is 2. The highest BCUT2D eigenvalue weighted by atomic mass is 19.1. The van der Waals surface area contributed by atoms with Gasteiger partial charge in [0.15, 0.2) is 6.10 Å². The van der Waals surface area contributed by atoms with Gasteiger partial charge in [0.1, 0.15) is 5.82 Å². The molecule has 0 aliphatic carbocycles. The Kier molecular flexibility index (Phi) is 4.57. The Hall–Kier alpha value is -3.42. The van der Waals surface area contributed by atoms with Crippen molar-refractivity contribution in [1.82, 2.24) is 9.97 Å². The lowest BCUT2D eigenvalue weighted by molar-refractivity contribution is -0.123. The molecular formula is C18H16FN3O4. The average Bonchev–Trinajstić information content (AvgIpc) is 2.96. The number of nitrogens with one attached hydrogen (secondary N) is 3. The summed E-state index contributed by atoms with van der Waals surface area (Å²) in [5, 5.41) is 2.59. The third-order valence-corrected chi connectivity index (χ3v) is 3.84. The monoisotopic (exact) mass is 357 g/mol. The molecule has 0 unspecified atom stereocenters. The zero-order chi connectivity index (χ0) is 18.8. The van der Waals surface area contributed by atoms with Crippen LogP contribution in [0, 0.1) is 12.7 Å². The van der Waals surface area contributed by atoms with Crippen molar-refractivity contribution >= 4 is 28.6 Å². The summed E-state index contributed by atoms with van der Waals surface area (Å²) >= 11 is 0. The van der Waals surface area contributed by atoms with Crippen LogP contribution in [0.2, 0.25) is 0 Å². The van der Waals surface area contributed by atoms with Crippen LogP contribution in [0.1, 0.15) is 22.8 Å². The second-order valence-corrected chi connectivity index (χ2v) is 5.84. The number of hydrogen-bond donors (Lipinski definition) is 3. The molecule has 0 aliphatic heterocycles. The number of esters is 1. The maximum atomic E-state index is 13.5. The van der Waals surface area contributed by atoms with Crippen LogP contribution in [-0.2, 0) is 9.53 Å². The number of halogens is 1. The maximum Gasteiger partial charge on any atom is 0.339 e. The van der Waals surface area contributed by atoms with Crippen molar-refractivity contribution in [3.05, 3.63) is 63.8 Å². The number of anilines is 1. The number of amides is 1. The minimum Gasteiger partial charge on any atom is -0.449 e. The zero-order valence-electron chi connectivity index (χ0n) is 14.1. The van der Waals surface area contributed by atoms with Crippen LogP contribution in [0.25, 0.3) is 11.0 Å². The first kappa shape index (κ1) is 17.4. The molecule has 1 heterocycles. The molecule has 7 nitrogen and oxygen atoms in total. The summed E-state index contributed by atoms with van der Waals surface area (Å²) < 4.78 is 18.6. The molecule has 0 bridgehead atoms. The molecular weight excluding hydrogens is 341 g/mol. The minimum atomic E-state index is -1.09. The number of aryl methyl sites for hydroxylation is 1. The molecule has 8 heteroatoms. The van der Waals surface area contributed by atoms with Gasteiger partial charge in [-0.25, -0.2) is 14.0 Å². The van der Waals surface area contributed by atoms with Gasteiger partial charge in [0.25, 0.3) is 5.91 Å². The van der Waals surface area contributed by atoms with Crippen molar-refractivity contribution in [3.8, 4) is 0 Å². The van der Waals surface area contributed by atoms with Crippen LogP contribution < -0.4 is 11.0 Å². The molecule has 0 radical (unpaired) electrons. The van der Waals surface area contributed by atoms with E-state index >= 15 is 0 Å². The number of fused-ring (bicyclic) bond motifs is 1. The Morgan fingerprint density at radius 3 is 2.58 bits per heavy atom.